The van der Waals surface area contributed by atoms with Crippen molar-refractivity contribution in [2.24, 2.45) is 5.92 Å². The smallest absolute Gasteiger partial charge is 0.320 e. The fourth-order valence-corrected chi connectivity index (χ4v) is 6.15. The van der Waals surface area contributed by atoms with Crippen molar-refractivity contribution in [2.45, 2.75) is 49.7 Å². The number of amides is 2. The number of nitrogens with one attached hydrogen (secondary N) is 1. The van der Waals surface area contributed by atoms with E-state index in [0.29, 0.717) is 30.6 Å². The summed E-state index contributed by atoms with van der Waals surface area (Å²) in [5.74, 6) is -0.991. The number of carbonyl (C=O) groups is 1. The standard InChI is InChI=1S/C29H30F4N4O/c30-26-8-7-23(17-25(26)29(31,32)33)35-27(38)37(14-13-36-11-2-1-3-12-36)24-9-10-28(18-22(28)16-24)21-6-4-5-20(15-21)19-34/h1-2,4-8,15,17,22,24H,3,9-14,16,18H2,(H,35,38)/t22?,24-,28-/m1/s1. The van der Waals surface area contributed by atoms with Gasteiger partial charge in [-0.3, -0.25) is 4.90 Å². The molecule has 1 N–H and O–H groups in total. The predicted molar refractivity (Wildman–Crippen MR) is 136 cm³/mol. The van der Waals surface area contributed by atoms with E-state index in [1.165, 1.54) is 5.56 Å². The number of hydrogen-bond donors (Lipinski definition) is 1. The van der Waals surface area contributed by atoms with Gasteiger partial charge >= 0.3 is 12.2 Å². The van der Waals surface area contributed by atoms with Gasteiger partial charge in [0, 0.05) is 37.9 Å². The van der Waals surface area contributed by atoms with Crippen LogP contribution in [0.25, 0.3) is 0 Å². The largest absolute Gasteiger partial charge is 0.419 e. The third-order valence-electron chi connectivity index (χ3n) is 8.30. The molecule has 1 unspecified atom stereocenters. The predicted octanol–water partition coefficient (Wildman–Crippen LogP) is 6.32. The molecule has 2 aliphatic carbocycles. The number of benzene rings is 2. The molecule has 1 aliphatic heterocycles. The maximum absolute atomic E-state index is 13.8. The minimum Gasteiger partial charge on any atom is -0.320 e. The van der Waals surface area contributed by atoms with Crippen LogP contribution < -0.4 is 5.32 Å². The molecule has 0 spiro atoms. The molecule has 38 heavy (non-hydrogen) atoms. The first-order chi connectivity index (χ1) is 18.2. The molecular weight excluding hydrogens is 496 g/mol. The average molecular weight is 527 g/mol. The van der Waals surface area contributed by atoms with Gasteiger partial charge in [-0.05, 0) is 79.3 Å². The van der Waals surface area contributed by atoms with Gasteiger partial charge in [-0.2, -0.15) is 18.4 Å². The van der Waals surface area contributed by atoms with Crippen LogP contribution >= 0.6 is 0 Å². The number of anilines is 1. The number of urea groups is 1. The minimum absolute atomic E-state index is 0.0295. The highest BCUT2D eigenvalue weighted by molar-refractivity contribution is 5.89. The highest BCUT2D eigenvalue weighted by atomic mass is 19.4. The van der Waals surface area contributed by atoms with E-state index < -0.39 is 23.6 Å². The summed E-state index contributed by atoms with van der Waals surface area (Å²) in [6, 6.07) is 12.0. The van der Waals surface area contributed by atoms with Crippen LogP contribution in [0.1, 0.15) is 48.8 Å². The maximum atomic E-state index is 13.8. The lowest BCUT2D eigenvalue weighted by Crippen LogP contribution is -2.48. The number of rotatable bonds is 6. The molecule has 2 amide bonds. The summed E-state index contributed by atoms with van der Waals surface area (Å²) in [7, 11) is 0. The monoisotopic (exact) mass is 526 g/mol. The Balaban J connectivity index is 1.32. The lowest BCUT2D eigenvalue weighted by Gasteiger charge is -2.38. The van der Waals surface area contributed by atoms with Gasteiger partial charge in [0.2, 0.25) is 0 Å². The van der Waals surface area contributed by atoms with E-state index in [1.54, 1.807) is 11.0 Å². The lowest BCUT2D eigenvalue weighted by atomic mass is 9.80. The molecule has 2 aromatic carbocycles. The summed E-state index contributed by atoms with van der Waals surface area (Å²) in [6.07, 6.45) is 3.74. The van der Waals surface area contributed by atoms with Crippen LogP contribution in [0.2, 0.25) is 0 Å². The van der Waals surface area contributed by atoms with E-state index in [2.05, 4.69) is 34.5 Å². The van der Waals surface area contributed by atoms with Crippen LogP contribution in [-0.2, 0) is 11.6 Å². The highest BCUT2D eigenvalue weighted by Crippen LogP contribution is 2.62. The Labute approximate surface area is 219 Å². The van der Waals surface area contributed by atoms with Crippen LogP contribution in [-0.4, -0.2) is 48.1 Å². The zero-order chi connectivity index (χ0) is 26.9. The van der Waals surface area contributed by atoms with Gasteiger partial charge in [0.05, 0.1) is 17.2 Å². The topological polar surface area (TPSA) is 59.4 Å². The second-order valence-electron chi connectivity index (χ2n) is 10.6. The molecule has 200 valence electrons. The second kappa shape index (κ2) is 10.4. The van der Waals surface area contributed by atoms with Gasteiger partial charge in [0.1, 0.15) is 5.82 Å². The quantitative estimate of drug-likeness (QED) is 0.354. The summed E-state index contributed by atoms with van der Waals surface area (Å²) >= 11 is 0. The van der Waals surface area contributed by atoms with Gasteiger partial charge in [0.25, 0.3) is 0 Å². The molecule has 2 aromatic rings. The van der Waals surface area contributed by atoms with E-state index in [4.69, 9.17) is 0 Å². The Hall–Kier alpha value is -3.38. The Kier molecular flexibility index (Phi) is 7.19. The highest BCUT2D eigenvalue weighted by Gasteiger charge is 2.58. The molecule has 9 heteroatoms. The molecule has 0 aromatic heterocycles. The van der Waals surface area contributed by atoms with Gasteiger partial charge in [-0.25, -0.2) is 9.18 Å². The SMILES string of the molecule is N#Cc1cccc([C@]23CC[C@@H](N(CCN4CC=CCC4)C(=O)Nc4ccc(F)c(C(F)(F)F)c4)CC2C3)c1. The van der Waals surface area contributed by atoms with Crippen molar-refractivity contribution in [3.63, 3.8) is 0 Å². The van der Waals surface area contributed by atoms with Gasteiger partial charge in [0.15, 0.2) is 0 Å². The number of nitrogens with zero attached hydrogens (tertiary/aromatic N) is 3. The van der Waals surface area contributed by atoms with E-state index >= 15 is 0 Å². The Morgan fingerprint density at radius 1 is 1.21 bits per heavy atom. The van der Waals surface area contributed by atoms with E-state index in [0.717, 1.165) is 57.3 Å². The molecule has 2 saturated carbocycles. The van der Waals surface area contributed by atoms with Crippen molar-refractivity contribution in [1.82, 2.24) is 9.80 Å². The first-order valence-corrected chi connectivity index (χ1v) is 13.0. The van der Waals surface area contributed by atoms with Crippen molar-refractivity contribution < 1.29 is 22.4 Å². The number of halogens is 4. The van der Waals surface area contributed by atoms with Crippen LogP contribution in [0, 0.1) is 23.1 Å². The van der Waals surface area contributed by atoms with Gasteiger partial charge in [-0.15, -0.1) is 0 Å². The summed E-state index contributed by atoms with van der Waals surface area (Å²) < 4.78 is 53.4. The fraction of sp³-hybridized carbons (Fsp3) is 0.448. The fourth-order valence-electron chi connectivity index (χ4n) is 6.15. The molecule has 1 heterocycles. The van der Waals surface area contributed by atoms with E-state index in [1.807, 2.05) is 12.1 Å². The zero-order valence-electron chi connectivity index (χ0n) is 21.0. The molecule has 0 radical (unpaired) electrons. The molecular formula is C29H30F4N4O. The Morgan fingerprint density at radius 2 is 2.05 bits per heavy atom. The molecule has 2 fully saturated rings. The molecule has 5 nitrogen and oxygen atoms in total. The summed E-state index contributed by atoms with van der Waals surface area (Å²) in [5, 5.41) is 11.9. The summed E-state index contributed by atoms with van der Waals surface area (Å²) in [5.41, 5.74) is 0.351. The van der Waals surface area contributed by atoms with E-state index in [9.17, 15) is 27.6 Å². The van der Waals surface area contributed by atoms with Crippen molar-refractivity contribution in [2.75, 3.05) is 31.5 Å². The van der Waals surface area contributed by atoms with Crippen molar-refractivity contribution in [3.05, 3.63) is 77.1 Å². The third kappa shape index (κ3) is 5.41. The molecule has 3 aliphatic rings. The van der Waals surface area contributed by atoms with Crippen molar-refractivity contribution in [1.29, 1.82) is 5.26 Å². The number of nitriles is 1. The number of hydrogen-bond acceptors (Lipinski definition) is 3. The average Bonchev–Trinajstić information content (AvgIpc) is 3.65. The molecule has 5 rings (SSSR count). The first-order valence-electron chi connectivity index (χ1n) is 13.0. The van der Waals surface area contributed by atoms with Gasteiger partial charge < -0.3 is 10.2 Å². The minimum atomic E-state index is -4.85. The Bertz CT molecular complexity index is 1270. The zero-order valence-corrected chi connectivity index (χ0v) is 21.0. The van der Waals surface area contributed by atoms with Crippen LogP contribution in [0.15, 0.2) is 54.6 Å². The molecule has 0 saturated heterocycles. The summed E-state index contributed by atoms with van der Waals surface area (Å²) in [4.78, 5) is 17.5. The van der Waals surface area contributed by atoms with E-state index in [-0.39, 0.29) is 17.1 Å². The first kappa shape index (κ1) is 26.2. The third-order valence-corrected chi connectivity index (χ3v) is 8.30. The van der Waals surface area contributed by atoms with Crippen LogP contribution in [0.3, 0.4) is 0 Å². The number of alkyl halides is 3. The van der Waals surface area contributed by atoms with Crippen molar-refractivity contribution in [3.8, 4) is 6.07 Å². The second-order valence-corrected chi connectivity index (χ2v) is 10.6. The van der Waals surface area contributed by atoms with Crippen LogP contribution in [0.5, 0.6) is 0 Å². The van der Waals surface area contributed by atoms with Crippen LogP contribution in [0.4, 0.5) is 28.0 Å². The lowest BCUT2D eigenvalue weighted by molar-refractivity contribution is -0.139. The number of carbonyl (C=O) groups excluding carboxylic acids is 1. The molecule has 3 atom stereocenters. The maximum Gasteiger partial charge on any atom is 0.419 e. The molecule has 0 bridgehead atoms. The normalized spacial score (nSPS) is 24.8. The Morgan fingerprint density at radius 3 is 2.76 bits per heavy atom. The number of fused-ring (bicyclic) bond motifs is 1. The van der Waals surface area contributed by atoms with Crippen molar-refractivity contribution >= 4 is 11.7 Å². The summed E-state index contributed by atoms with van der Waals surface area (Å²) in [6.45, 7) is 2.80. The van der Waals surface area contributed by atoms with Gasteiger partial charge in [-0.1, -0.05) is 24.3 Å².